The van der Waals surface area contributed by atoms with Crippen molar-refractivity contribution in [1.29, 1.82) is 0 Å². The van der Waals surface area contributed by atoms with Crippen LogP contribution < -0.4 is 20.7 Å². The van der Waals surface area contributed by atoms with E-state index in [0.29, 0.717) is 23.6 Å². The van der Waals surface area contributed by atoms with Gasteiger partial charge in [-0.1, -0.05) is 11.6 Å². The van der Waals surface area contributed by atoms with Crippen LogP contribution in [0.1, 0.15) is 83.3 Å². The van der Waals surface area contributed by atoms with Gasteiger partial charge in [0, 0.05) is 25.3 Å². The van der Waals surface area contributed by atoms with E-state index in [1.165, 1.54) is 47.7 Å². The average Bonchev–Trinajstić information content (AvgIpc) is 3.66. The molecule has 0 radical (unpaired) electrons. The molecule has 2 aromatic heterocycles. The monoisotopic (exact) mass is 615 g/mol. The quantitative estimate of drug-likeness (QED) is 0.225. The molecule has 3 N–H and O–H groups in total. The minimum atomic E-state index is -3.64. The Morgan fingerprint density at radius 1 is 1.00 bits per heavy atom. The summed E-state index contributed by atoms with van der Waals surface area (Å²) in [5.41, 5.74) is 3.57. The van der Waals surface area contributed by atoms with E-state index in [1.54, 1.807) is 27.1 Å². The van der Waals surface area contributed by atoms with Gasteiger partial charge in [0.1, 0.15) is 10.8 Å². The molecular weight excluding hydrogens is 574 g/mol. The fourth-order valence-electron chi connectivity index (χ4n) is 5.50. The lowest BCUT2D eigenvalue weighted by molar-refractivity contribution is 0.243. The van der Waals surface area contributed by atoms with E-state index in [0.717, 1.165) is 30.3 Å². The van der Waals surface area contributed by atoms with E-state index >= 15 is 0 Å². The Morgan fingerprint density at radius 3 is 2.29 bits per heavy atom. The van der Waals surface area contributed by atoms with E-state index < -0.39 is 15.1 Å². The highest BCUT2D eigenvalue weighted by atomic mass is 35.5. The summed E-state index contributed by atoms with van der Waals surface area (Å²) in [6.07, 6.45) is 10.4. The first-order valence-corrected chi connectivity index (χ1v) is 16.7. The molecule has 0 spiro atoms. The van der Waals surface area contributed by atoms with Gasteiger partial charge in [-0.05, 0) is 102 Å². The number of anilines is 4. The fraction of sp³-hybridized carbons (Fsp3) is 0.567. The molecule has 2 aliphatic carbocycles. The van der Waals surface area contributed by atoms with E-state index in [2.05, 4.69) is 50.1 Å². The van der Waals surface area contributed by atoms with E-state index in [4.69, 9.17) is 16.3 Å². The van der Waals surface area contributed by atoms with Gasteiger partial charge in [0.05, 0.1) is 28.9 Å². The number of sulfone groups is 1. The third kappa shape index (κ3) is 7.01. The van der Waals surface area contributed by atoms with Crippen LogP contribution in [-0.4, -0.2) is 51.6 Å². The second-order valence-electron chi connectivity index (χ2n) is 12.1. The Bertz CT molecular complexity index is 1530. The molecule has 12 heteroatoms. The van der Waals surface area contributed by atoms with Gasteiger partial charge in [0.15, 0.2) is 5.82 Å². The zero-order valence-corrected chi connectivity index (χ0v) is 26.8. The molecule has 0 bridgehead atoms. The Hall–Kier alpha value is -2.89. The number of aromatic nitrogens is 4. The van der Waals surface area contributed by atoms with Crippen LogP contribution in [0.25, 0.3) is 0 Å². The maximum absolute atomic E-state index is 12.9. The normalized spacial score (nSPS) is 19.4. The lowest BCUT2D eigenvalue weighted by atomic mass is 9.80. The van der Waals surface area contributed by atoms with Crippen LogP contribution in [0.15, 0.2) is 29.6 Å². The predicted octanol–water partition coefficient (Wildman–Crippen LogP) is 6.41. The molecular formula is C30H42ClN7O3S. The average molecular weight is 616 g/mol. The maximum atomic E-state index is 12.9. The van der Waals surface area contributed by atoms with E-state index in [9.17, 15) is 8.42 Å². The van der Waals surface area contributed by atoms with Gasteiger partial charge in [-0.25, -0.2) is 13.4 Å². The summed E-state index contributed by atoms with van der Waals surface area (Å²) in [6, 6.07) is 5.65. The molecule has 0 aliphatic heterocycles. The van der Waals surface area contributed by atoms with Crippen molar-refractivity contribution in [3.05, 3.63) is 40.7 Å². The van der Waals surface area contributed by atoms with Crippen molar-refractivity contribution >= 4 is 44.6 Å². The summed E-state index contributed by atoms with van der Waals surface area (Å²) in [5, 5.41) is 13.9. The Kier molecular flexibility index (Phi) is 9.01. The number of rotatable bonds is 11. The number of halogens is 1. The fourth-order valence-corrected chi connectivity index (χ4v) is 6.74. The zero-order chi connectivity index (χ0) is 30.2. The smallest absolute Gasteiger partial charge is 0.229 e. The number of nitrogens with one attached hydrogen (secondary N) is 3. The van der Waals surface area contributed by atoms with Gasteiger partial charge in [0.25, 0.3) is 0 Å². The molecule has 0 amide bonds. The molecule has 0 atom stereocenters. The molecule has 0 unspecified atom stereocenters. The SMILES string of the molecule is Cc1cc(Nc2ncc(Cl)c(Nc3cn(C)nc3S(=O)(=O)C(C)C)n2)c(OC(C)C)cc1[C@H]1CC[C@@H](NC2CC2)CC1. The summed E-state index contributed by atoms with van der Waals surface area (Å²) >= 11 is 6.44. The third-order valence-corrected chi connectivity index (χ3v) is 10.2. The first-order chi connectivity index (χ1) is 19.9. The summed E-state index contributed by atoms with van der Waals surface area (Å²) in [6.45, 7) is 9.40. The number of benzene rings is 1. The number of ether oxygens (including phenoxy) is 1. The topological polar surface area (TPSA) is 123 Å². The Morgan fingerprint density at radius 2 is 1.67 bits per heavy atom. The van der Waals surface area contributed by atoms with Crippen LogP contribution >= 0.6 is 11.6 Å². The molecule has 2 aliphatic rings. The van der Waals surface area contributed by atoms with Crippen molar-refractivity contribution in [3.8, 4) is 5.75 Å². The first-order valence-electron chi connectivity index (χ1n) is 14.8. The van der Waals surface area contributed by atoms with Crippen LogP contribution in [-0.2, 0) is 16.9 Å². The van der Waals surface area contributed by atoms with Crippen molar-refractivity contribution in [2.24, 2.45) is 7.05 Å². The zero-order valence-electron chi connectivity index (χ0n) is 25.2. The molecule has 10 nitrogen and oxygen atoms in total. The number of nitrogens with zero attached hydrogens (tertiary/aromatic N) is 4. The van der Waals surface area contributed by atoms with Crippen LogP contribution in [0.2, 0.25) is 5.02 Å². The summed E-state index contributed by atoms with van der Waals surface area (Å²) < 4.78 is 33.5. The Balaban J connectivity index is 1.38. The molecule has 228 valence electrons. The Labute approximate surface area is 253 Å². The van der Waals surface area contributed by atoms with Gasteiger partial charge >= 0.3 is 0 Å². The van der Waals surface area contributed by atoms with Gasteiger partial charge < -0.3 is 20.7 Å². The van der Waals surface area contributed by atoms with Crippen molar-refractivity contribution in [1.82, 2.24) is 25.1 Å². The maximum Gasteiger partial charge on any atom is 0.229 e. The number of hydrogen-bond acceptors (Lipinski definition) is 9. The molecule has 1 aromatic carbocycles. The second kappa shape index (κ2) is 12.4. The summed E-state index contributed by atoms with van der Waals surface area (Å²) in [4.78, 5) is 8.96. The standard InChI is InChI=1S/C30H42ClN7O3S/c1-17(2)41-27-14-23(20-7-9-21(10-8-20)33-22-11-12-22)19(5)13-25(27)35-30-32-15-24(31)28(36-30)34-26-16-38(6)37-29(26)42(39,40)18(3)4/h13-18,20-22,33H,7-12H2,1-6H3,(H2,32,34,35,36)/t20-,21+. The molecule has 0 saturated heterocycles. The minimum Gasteiger partial charge on any atom is -0.489 e. The summed E-state index contributed by atoms with van der Waals surface area (Å²) in [5.74, 6) is 1.81. The predicted molar refractivity (Wildman–Crippen MR) is 167 cm³/mol. The van der Waals surface area contributed by atoms with Crippen molar-refractivity contribution < 1.29 is 13.2 Å². The molecule has 42 heavy (non-hydrogen) atoms. The molecule has 2 heterocycles. The van der Waals surface area contributed by atoms with Gasteiger partial charge in [-0.2, -0.15) is 10.1 Å². The highest BCUT2D eigenvalue weighted by molar-refractivity contribution is 7.92. The number of aryl methyl sites for hydroxylation is 2. The molecule has 5 rings (SSSR count). The van der Waals surface area contributed by atoms with Crippen molar-refractivity contribution in [2.45, 2.75) is 108 Å². The van der Waals surface area contributed by atoms with Gasteiger partial charge in [-0.15, -0.1) is 0 Å². The van der Waals surface area contributed by atoms with Crippen molar-refractivity contribution in [2.75, 3.05) is 10.6 Å². The van der Waals surface area contributed by atoms with Crippen LogP contribution in [0.4, 0.5) is 23.1 Å². The van der Waals surface area contributed by atoms with Crippen LogP contribution in [0.5, 0.6) is 5.75 Å². The van der Waals surface area contributed by atoms with Gasteiger partial charge in [0.2, 0.25) is 20.8 Å². The highest BCUT2D eigenvalue weighted by Gasteiger charge is 2.30. The lowest BCUT2D eigenvalue weighted by Gasteiger charge is -2.31. The summed E-state index contributed by atoms with van der Waals surface area (Å²) in [7, 11) is -1.97. The highest BCUT2D eigenvalue weighted by Crippen LogP contribution is 2.40. The molecule has 2 fully saturated rings. The van der Waals surface area contributed by atoms with Crippen molar-refractivity contribution in [3.63, 3.8) is 0 Å². The minimum absolute atomic E-state index is 0.0187. The van der Waals surface area contributed by atoms with Gasteiger partial charge in [-0.3, -0.25) is 4.68 Å². The second-order valence-corrected chi connectivity index (χ2v) is 14.9. The lowest BCUT2D eigenvalue weighted by Crippen LogP contribution is -2.34. The molecule has 3 aromatic rings. The molecule has 2 saturated carbocycles. The van der Waals surface area contributed by atoms with Crippen LogP contribution in [0, 0.1) is 6.92 Å². The van der Waals surface area contributed by atoms with E-state index in [-0.39, 0.29) is 22.0 Å². The largest absolute Gasteiger partial charge is 0.489 e. The number of hydrogen-bond donors (Lipinski definition) is 3. The van der Waals surface area contributed by atoms with Crippen LogP contribution in [0.3, 0.4) is 0 Å². The first kappa shape index (κ1) is 30.6. The van der Waals surface area contributed by atoms with E-state index in [1.807, 2.05) is 13.8 Å². The third-order valence-electron chi connectivity index (χ3n) is 7.88.